The van der Waals surface area contributed by atoms with E-state index in [1.807, 2.05) is 13.8 Å². The van der Waals surface area contributed by atoms with Gasteiger partial charge in [-0.25, -0.2) is 0 Å². The van der Waals surface area contributed by atoms with Crippen LogP contribution in [0.15, 0.2) is 0 Å². The van der Waals surface area contributed by atoms with Crippen molar-refractivity contribution in [2.24, 2.45) is 5.92 Å². The molecule has 0 aromatic heterocycles. The Morgan fingerprint density at radius 2 is 1.73 bits per heavy atom. The molecule has 6 nitrogen and oxygen atoms in total. The van der Waals surface area contributed by atoms with Crippen molar-refractivity contribution < 1.29 is 38.9 Å². The molecule has 2 N–H and O–H groups in total. The monoisotopic (exact) mass is 265 g/mol. The summed E-state index contributed by atoms with van der Waals surface area (Å²) in [6.45, 7) is 6.29. The first kappa shape index (κ1) is 16.9. The van der Waals surface area contributed by atoms with Gasteiger partial charge in [0.15, 0.2) is 0 Å². The predicted molar refractivity (Wildman–Crippen MR) is 46.5 cm³/mol. The fourth-order valence-electron chi connectivity index (χ4n) is 0.835. The first-order valence-electron chi connectivity index (χ1n) is 4.53. The van der Waals surface area contributed by atoms with Crippen molar-refractivity contribution in [2.45, 2.75) is 33.6 Å². The zero-order valence-corrected chi connectivity index (χ0v) is 10.3. The van der Waals surface area contributed by atoms with Crippen LogP contribution in [-0.2, 0) is 30.6 Å². The molecular formula is C8H18MnO6. The molecule has 0 fully saturated rings. The van der Waals surface area contributed by atoms with Gasteiger partial charge < -0.3 is 4.74 Å². The topological polar surface area (TPSA) is 101 Å². The minimum atomic E-state index is -5.12. The summed E-state index contributed by atoms with van der Waals surface area (Å²) in [6.07, 6.45) is 1.97. The van der Waals surface area contributed by atoms with E-state index in [1.54, 1.807) is 0 Å². The average Bonchev–Trinajstić information content (AvgIpc) is 2.02. The molecule has 7 heteroatoms. The van der Waals surface area contributed by atoms with E-state index in [4.69, 9.17) is 20.8 Å². The summed E-state index contributed by atoms with van der Waals surface area (Å²) in [5.41, 5.74) is 0. The molecule has 1 atom stereocenters. The molecule has 0 radical (unpaired) electrons. The van der Waals surface area contributed by atoms with Crippen LogP contribution in [-0.4, -0.2) is 21.0 Å². The van der Waals surface area contributed by atoms with E-state index >= 15 is 0 Å². The normalized spacial score (nSPS) is 12.3. The molecule has 0 aliphatic rings. The summed E-state index contributed by atoms with van der Waals surface area (Å²) in [5.74, 6) is 0.00861. The van der Waals surface area contributed by atoms with Crippen molar-refractivity contribution in [1.82, 2.24) is 0 Å². The third kappa shape index (κ3) is 19.8. The maximum absolute atomic E-state index is 10.9. The molecule has 1 unspecified atom stereocenters. The Morgan fingerprint density at radius 1 is 1.33 bits per heavy atom. The molecule has 0 aromatic carbocycles. The summed E-state index contributed by atoms with van der Waals surface area (Å²) in [4.78, 5) is 10.9. The van der Waals surface area contributed by atoms with E-state index in [9.17, 15) is 4.79 Å². The number of hydrogen-bond acceptors (Lipinski definition) is 4. The van der Waals surface area contributed by atoms with Crippen LogP contribution in [0.5, 0.6) is 0 Å². The molecule has 0 spiro atoms. The Balaban J connectivity index is 0. The van der Waals surface area contributed by atoms with E-state index in [2.05, 4.69) is 6.92 Å². The molecule has 0 saturated carbocycles. The summed E-state index contributed by atoms with van der Waals surface area (Å²) >= 11 is -5.12. The Kier molecular flexibility index (Phi) is 9.91. The number of esters is 1. The second kappa shape index (κ2) is 8.79. The molecule has 0 aromatic rings. The molecule has 0 saturated heterocycles. The van der Waals surface area contributed by atoms with Gasteiger partial charge in [0.2, 0.25) is 0 Å². The van der Waals surface area contributed by atoms with Crippen LogP contribution in [0.25, 0.3) is 0 Å². The van der Waals surface area contributed by atoms with Crippen molar-refractivity contribution in [3.63, 3.8) is 0 Å². The summed E-state index contributed by atoms with van der Waals surface area (Å²) in [5, 5.41) is 0. The zero-order valence-electron chi connectivity index (χ0n) is 9.10. The summed E-state index contributed by atoms with van der Waals surface area (Å²) in [7, 11) is 0. The van der Waals surface area contributed by atoms with Crippen LogP contribution < -0.4 is 0 Å². The fraction of sp³-hybridized carbons (Fsp3) is 0.875. The number of rotatable bonds is 4. The van der Waals surface area contributed by atoms with Crippen molar-refractivity contribution >= 4 is 5.97 Å². The quantitative estimate of drug-likeness (QED) is 0.571. The van der Waals surface area contributed by atoms with Crippen LogP contribution in [0.1, 0.15) is 33.6 Å². The van der Waals surface area contributed by atoms with Gasteiger partial charge in [-0.1, -0.05) is 20.3 Å². The van der Waals surface area contributed by atoms with Gasteiger partial charge in [0.05, 0.1) is 12.5 Å². The van der Waals surface area contributed by atoms with Gasteiger partial charge in [0.25, 0.3) is 0 Å². The number of carbonyl (C=O) groups excluding carboxylic acids is 1. The fourth-order valence-corrected chi connectivity index (χ4v) is 0.835. The second-order valence-electron chi connectivity index (χ2n) is 2.86. The molecule has 0 heterocycles. The Bertz CT molecular complexity index is 250. The number of hydrogen-bond donors (Lipinski definition) is 2. The zero-order chi connectivity index (χ0) is 12.5. The first-order chi connectivity index (χ1) is 6.72. The molecule has 0 bridgehead atoms. The molecule has 93 valence electrons. The molecular weight excluding hydrogens is 247 g/mol. The van der Waals surface area contributed by atoms with E-state index in [0.717, 1.165) is 12.8 Å². The van der Waals surface area contributed by atoms with Gasteiger partial charge in [-0.05, 0) is 13.3 Å². The van der Waals surface area contributed by atoms with Crippen LogP contribution >= 0.6 is 0 Å². The van der Waals surface area contributed by atoms with Crippen LogP contribution in [0.2, 0.25) is 0 Å². The summed E-state index contributed by atoms with van der Waals surface area (Å²) < 4.78 is 36.6. The van der Waals surface area contributed by atoms with Crippen LogP contribution in [0.4, 0.5) is 0 Å². The third-order valence-corrected chi connectivity index (χ3v) is 1.41. The molecule has 0 rings (SSSR count). The van der Waals surface area contributed by atoms with Gasteiger partial charge >= 0.3 is 35.4 Å². The standard InChI is InChI=1S/C8H16O2.Mn.2H2O.2O/c1-4-6-7(3)8(9)10-5-2;;;;;/h7H,4-6H2,1-3H3;;2*1H2;;/q;+2;;;;/p-2. The molecule has 0 amide bonds. The van der Waals surface area contributed by atoms with Crippen molar-refractivity contribution in [3.05, 3.63) is 0 Å². The Labute approximate surface area is 91.5 Å². The van der Waals surface area contributed by atoms with Gasteiger partial charge in [-0.2, -0.15) is 0 Å². The van der Waals surface area contributed by atoms with Crippen molar-refractivity contribution in [3.8, 4) is 0 Å². The minimum absolute atomic E-state index is 0.0654. The maximum atomic E-state index is 10.9. The third-order valence-electron chi connectivity index (χ3n) is 1.41. The van der Waals surface area contributed by atoms with E-state index in [0.29, 0.717) is 6.61 Å². The van der Waals surface area contributed by atoms with Gasteiger partial charge in [0, 0.05) is 0 Å². The van der Waals surface area contributed by atoms with Crippen LogP contribution in [0, 0.1) is 5.92 Å². The molecule has 0 aliphatic carbocycles. The van der Waals surface area contributed by atoms with Crippen molar-refractivity contribution in [1.29, 1.82) is 0 Å². The molecule has 0 aliphatic heterocycles. The van der Waals surface area contributed by atoms with Crippen molar-refractivity contribution in [2.75, 3.05) is 6.61 Å². The summed E-state index contributed by atoms with van der Waals surface area (Å²) in [6, 6.07) is 0. The van der Waals surface area contributed by atoms with Gasteiger partial charge in [0.1, 0.15) is 0 Å². The Hall–Kier alpha value is -0.491. The van der Waals surface area contributed by atoms with E-state index in [1.165, 1.54) is 0 Å². The first-order valence-corrected chi connectivity index (χ1v) is 6.55. The SMILES string of the molecule is CCCC(C)C(=O)OCC.[O]=[Mn](=[O])([OH])[OH]. The molecule has 15 heavy (non-hydrogen) atoms. The van der Waals surface area contributed by atoms with Crippen LogP contribution in [0.3, 0.4) is 0 Å². The van der Waals surface area contributed by atoms with Gasteiger partial charge in [-0.15, -0.1) is 0 Å². The average molecular weight is 265 g/mol. The number of carbonyl (C=O) groups is 1. The predicted octanol–water partition coefficient (Wildman–Crippen LogP) is 0.632. The van der Waals surface area contributed by atoms with E-state index < -0.39 is 13.4 Å². The Morgan fingerprint density at radius 3 is 2.00 bits per heavy atom. The van der Waals surface area contributed by atoms with Gasteiger partial charge in [-0.3, -0.25) is 4.79 Å². The van der Waals surface area contributed by atoms with E-state index in [-0.39, 0.29) is 11.9 Å². The number of ether oxygens (including phenoxy) is 1. The second-order valence-corrected chi connectivity index (χ2v) is 4.15.